The van der Waals surface area contributed by atoms with Crippen LogP contribution in [0.3, 0.4) is 0 Å². The van der Waals surface area contributed by atoms with Crippen molar-refractivity contribution in [1.29, 1.82) is 0 Å². The minimum atomic E-state index is -0.543. The number of nitrogens with zero attached hydrogens (tertiary/aromatic N) is 1. The molecule has 2 aromatic carbocycles. The third kappa shape index (κ3) is 5.62. The molecular weight excluding hydrogens is 395 g/mol. The van der Waals surface area contributed by atoms with Crippen molar-refractivity contribution in [2.45, 2.75) is 26.3 Å². The number of amides is 1. The van der Waals surface area contributed by atoms with Crippen LogP contribution in [-0.4, -0.2) is 29.0 Å². The standard InChI is InChI=1S/C21H22ClFN4O2/c1-2-3-10-27(13-20(28)25-18-11-14(22)8-9-16(18)23)12-19-24-17-7-5-4-6-15(17)21(29)26-19/h4-9,11H,2-3,10,12-13H2,1H3,(H,25,28)(H,24,26,29)/p+1. The Labute approximate surface area is 172 Å². The van der Waals surface area contributed by atoms with Gasteiger partial charge in [-0.3, -0.25) is 9.59 Å². The number of carbonyl (C=O) groups excluding carboxylic acids is 1. The minimum Gasteiger partial charge on any atom is -0.321 e. The highest BCUT2D eigenvalue weighted by atomic mass is 35.5. The summed E-state index contributed by atoms with van der Waals surface area (Å²) >= 11 is 5.88. The first-order valence-electron chi connectivity index (χ1n) is 9.52. The van der Waals surface area contributed by atoms with E-state index in [4.69, 9.17) is 11.6 Å². The van der Waals surface area contributed by atoms with E-state index in [1.807, 2.05) is 6.07 Å². The lowest BCUT2D eigenvalue weighted by Gasteiger charge is -2.18. The molecule has 0 saturated heterocycles. The van der Waals surface area contributed by atoms with E-state index in [-0.39, 0.29) is 23.7 Å². The molecule has 1 aromatic heterocycles. The summed E-state index contributed by atoms with van der Waals surface area (Å²) in [4.78, 5) is 33.0. The Morgan fingerprint density at radius 1 is 1.28 bits per heavy atom. The monoisotopic (exact) mass is 417 g/mol. The van der Waals surface area contributed by atoms with Crippen molar-refractivity contribution < 1.29 is 14.1 Å². The van der Waals surface area contributed by atoms with Crippen LogP contribution in [0.1, 0.15) is 25.6 Å². The predicted octanol–water partition coefficient (Wildman–Crippen LogP) is 2.54. The third-order valence-corrected chi connectivity index (χ3v) is 4.81. The number of halogens is 2. The number of carbonyl (C=O) groups is 1. The highest BCUT2D eigenvalue weighted by Crippen LogP contribution is 2.19. The second-order valence-corrected chi connectivity index (χ2v) is 7.35. The Hall–Kier alpha value is -2.77. The van der Waals surface area contributed by atoms with Crippen LogP contribution in [0.2, 0.25) is 5.02 Å². The molecule has 0 saturated carbocycles. The van der Waals surface area contributed by atoms with E-state index < -0.39 is 5.82 Å². The topological polar surface area (TPSA) is 79.3 Å². The van der Waals surface area contributed by atoms with Gasteiger partial charge in [-0.2, -0.15) is 0 Å². The van der Waals surface area contributed by atoms with Crippen molar-refractivity contribution in [2.24, 2.45) is 0 Å². The number of hydrogen-bond acceptors (Lipinski definition) is 3. The van der Waals surface area contributed by atoms with Crippen LogP contribution in [0, 0.1) is 5.82 Å². The lowest BCUT2D eigenvalue weighted by Crippen LogP contribution is -3.12. The second kappa shape index (κ2) is 9.62. The van der Waals surface area contributed by atoms with Gasteiger partial charge < -0.3 is 15.2 Å². The normalized spacial score (nSPS) is 12.1. The largest absolute Gasteiger partial charge is 0.321 e. The molecule has 0 aliphatic heterocycles. The van der Waals surface area contributed by atoms with Gasteiger partial charge in [-0.25, -0.2) is 9.37 Å². The van der Waals surface area contributed by atoms with Crippen LogP contribution in [0.15, 0.2) is 47.3 Å². The SMILES string of the molecule is CCCC[NH+](CC(=O)Nc1cc(Cl)ccc1F)Cc1nc2ccccc2c(=O)[nH]1. The molecule has 0 bridgehead atoms. The molecule has 0 spiro atoms. The fourth-order valence-corrected chi connectivity index (χ4v) is 3.31. The number of rotatable bonds is 8. The fraction of sp³-hybridized carbons (Fsp3) is 0.286. The molecule has 0 fully saturated rings. The Bertz CT molecular complexity index is 1070. The molecule has 6 nitrogen and oxygen atoms in total. The van der Waals surface area contributed by atoms with E-state index in [1.165, 1.54) is 18.2 Å². The van der Waals surface area contributed by atoms with Crippen LogP contribution in [-0.2, 0) is 11.3 Å². The number of quaternary nitrogens is 1. The van der Waals surface area contributed by atoms with Crippen molar-refractivity contribution in [2.75, 3.05) is 18.4 Å². The average molecular weight is 418 g/mol. The van der Waals surface area contributed by atoms with Crippen molar-refractivity contribution in [3.63, 3.8) is 0 Å². The number of anilines is 1. The number of benzene rings is 2. The number of nitrogens with one attached hydrogen (secondary N) is 3. The van der Waals surface area contributed by atoms with E-state index >= 15 is 0 Å². The van der Waals surface area contributed by atoms with Gasteiger partial charge in [-0.1, -0.05) is 37.1 Å². The number of unbranched alkanes of at least 4 members (excludes halogenated alkanes) is 1. The van der Waals surface area contributed by atoms with Crippen LogP contribution in [0.4, 0.5) is 10.1 Å². The molecular formula is C21H23ClFN4O2+. The number of aromatic nitrogens is 2. The predicted molar refractivity (Wildman–Crippen MR) is 112 cm³/mol. The molecule has 29 heavy (non-hydrogen) atoms. The molecule has 1 unspecified atom stereocenters. The van der Waals surface area contributed by atoms with Gasteiger partial charge >= 0.3 is 0 Å². The van der Waals surface area contributed by atoms with Gasteiger partial charge in [0.15, 0.2) is 12.4 Å². The molecule has 1 amide bonds. The number of aromatic amines is 1. The summed E-state index contributed by atoms with van der Waals surface area (Å²) in [6, 6.07) is 11.1. The van der Waals surface area contributed by atoms with Crippen LogP contribution < -0.4 is 15.8 Å². The summed E-state index contributed by atoms with van der Waals surface area (Å²) < 4.78 is 13.9. The van der Waals surface area contributed by atoms with E-state index in [0.717, 1.165) is 24.3 Å². The summed E-state index contributed by atoms with van der Waals surface area (Å²) in [6.07, 6.45) is 1.88. The molecule has 1 heterocycles. The third-order valence-electron chi connectivity index (χ3n) is 4.58. The van der Waals surface area contributed by atoms with Crippen molar-refractivity contribution >= 4 is 34.1 Å². The van der Waals surface area contributed by atoms with Gasteiger partial charge in [0.25, 0.3) is 11.5 Å². The minimum absolute atomic E-state index is 0.0505. The number of para-hydroxylation sites is 1. The van der Waals surface area contributed by atoms with Crippen molar-refractivity contribution in [3.05, 3.63) is 69.5 Å². The highest BCUT2D eigenvalue weighted by Gasteiger charge is 2.18. The molecule has 0 aliphatic carbocycles. The molecule has 0 radical (unpaired) electrons. The van der Waals surface area contributed by atoms with Gasteiger partial charge in [0, 0.05) is 5.02 Å². The summed E-state index contributed by atoms with van der Waals surface area (Å²) in [6.45, 7) is 3.28. The summed E-state index contributed by atoms with van der Waals surface area (Å²) in [5.74, 6) is -0.361. The Morgan fingerprint density at radius 3 is 2.86 bits per heavy atom. The lowest BCUT2D eigenvalue weighted by molar-refractivity contribution is -0.906. The first-order chi connectivity index (χ1) is 14.0. The van der Waals surface area contributed by atoms with Gasteiger partial charge in [-0.15, -0.1) is 0 Å². The van der Waals surface area contributed by atoms with Crippen LogP contribution in [0.25, 0.3) is 10.9 Å². The first-order valence-corrected chi connectivity index (χ1v) is 9.90. The number of H-pyrrole nitrogens is 1. The summed E-state index contributed by atoms with van der Waals surface area (Å²) in [5, 5.41) is 3.44. The summed E-state index contributed by atoms with van der Waals surface area (Å²) in [5.41, 5.74) is 0.465. The second-order valence-electron chi connectivity index (χ2n) is 6.91. The average Bonchev–Trinajstić information content (AvgIpc) is 2.69. The molecule has 0 aliphatic rings. The van der Waals surface area contributed by atoms with Gasteiger partial charge in [-0.05, 0) is 36.8 Å². The smallest absolute Gasteiger partial charge is 0.279 e. The van der Waals surface area contributed by atoms with Gasteiger partial charge in [0.2, 0.25) is 0 Å². The van der Waals surface area contributed by atoms with E-state index in [1.54, 1.807) is 18.2 Å². The van der Waals surface area contributed by atoms with Crippen molar-refractivity contribution in [1.82, 2.24) is 9.97 Å². The molecule has 152 valence electrons. The maximum Gasteiger partial charge on any atom is 0.279 e. The van der Waals surface area contributed by atoms with Gasteiger partial charge in [0.1, 0.15) is 12.4 Å². The van der Waals surface area contributed by atoms with E-state index in [9.17, 15) is 14.0 Å². The quantitative estimate of drug-likeness (QED) is 0.527. The highest BCUT2D eigenvalue weighted by molar-refractivity contribution is 6.30. The van der Waals surface area contributed by atoms with E-state index in [0.29, 0.717) is 28.3 Å². The zero-order valence-corrected chi connectivity index (χ0v) is 16.9. The van der Waals surface area contributed by atoms with Gasteiger partial charge in [0.05, 0.1) is 23.1 Å². The summed E-state index contributed by atoms with van der Waals surface area (Å²) in [7, 11) is 0. The van der Waals surface area contributed by atoms with E-state index in [2.05, 4.69) is 22.2 Å². The fourth-order valence-electron chi connectivity index (χ4n) is 3.14. The molecule has 8 heteroatoms. The Morgan fingerprint density at radius 2 is 2.07 bits per heavy atom. The first kappa shape index (κ1) is 21.0. The zero-order valence-electron chi connectivity index (χ0n) is 16.1. The number of hydrogen-bond donors (Lipinski definition) is 3. The maximum atomic E-state index is 13.9. The molecule has 3 rings (SSSR count). The van der Waals surface area contributed by atoms with Crippen LogP contribution in [0.5, 0.6) is 0 Å². The maximum absolute atomic E-state index is 13.9. The number of fused-ring (bicyclic) bond motifs is 1. The lowest BCUT2D eigenvalue weighted by atomic mass is 10.2. The van der Waals surface area contributed by atoms with Crippen molar-refractivity contribution in [3.8, 4) is 0 Å². The van der Waals surface area contributed by atoms with Crippen LogP contribution >= 0.6 is 11.6 Å². The molecule has 3 N–H and O–H groups in total. The zero-order chi connectivity index (χ0) is 20.8. The Kier molecular flexibility index (Phi) is 6.95. The molecule has 3 aromatic rings. The molecule has 1 atom stereocenters. The Balaban J connectivity index is 1.75.